The number of ether oxygens (including phenoxy) is 4. The van der Waals surface area contributed by atoms with E-state index < -0.39 is 101 Å². The summed E-state index contributed by atoms with van der Waals surface area (Å²) in [4.78, 5) is 61.5. The number of carbonyl (C=O) groups is 4. The van der Waals surface area contributed by atoms with Crippen LogP contribution in [0, 0.1) is 53.8 Å². The molecule has 0 aliphatic carbocycles. The van der Waals surface area contributed by atoms with E-state index in [9.17, 15) is 49.8 Å². The van der Waals surface area contributed by atoms with Crippen molar-refractivity contribution in [2.45, 2.75) is 244 Å². The van der Waals surface area contributed by atoms with Gasteiger partial charge >= 0.3 is 11.9 Å². The average molecular weight is 1160 g/mol. The largest absolute Gasteiger partial charge is 0.457 e. The second-order valence-electron chi connectivity index (χ2n) is 25.9. The first-order valence-electron chi connectivity index (χ1n) is 28.1. The monoisotopic (exact) mass is 1160 g/mol. The molecule has 0 spiro atoms. The normalized spacial score (nSPS) is 34.2. The SMILES string of the molecule is C/C1=C/C[C@@H](/C(C)=C/c2csc(C)n2)OC(=O)C[C@H](O)C(C)(C)C(=O)[C@H](C)[C@@H](O)[C@@H](C)CC(O)C1O.C/C1=C/C[C@@H](/C(C)=C/c2csc(C)n2)OC(=O)C[C@H](O)C(C)(C)C(=O)[C@H](C)[C@@H](O)[C@@H](C)CC2OC(C)(C)OC12.CC(C)(C)C. The first-order chi connectivity index (χ1) is 36.7. The van der Waals surface area contributed by atoms with Gasteiger partial charge in [0.05, 0.1) is 81.7 Å². The van der Waals surface area contributed by atoms with Crippen LogP contribution >= 0.6 is 22.7 Å². The Morgan fingerprint density at radius 3 is 1.36 bits per heavy atom. The van der Waals surface area contributed by atoms with Crippen LogP contribution in [-0.4, -0.2) is 131 Å². The summed E-state index contributed by atoms with van der Waals surface area (Å²) < 4.78 is 24.1. The van der Waals surface area contributed by atoms with Gasteiger partial charge in [-0.25, -0.2) is 9.97 Å². The van der Waals surface area contributed by atoms with Crippen LogP contribution in [0.4, 0.5) is 0 Å². The number of fused-ring (bicyclic) bond motifs is 1. The standard InChI is InChI=1S/C30H45NO7S.C27H41NO7S.C5H12/c1-16-10-11-22(17(2)12-21-15-39-20(5)31-21)36-25(33)14-24(32)29(6,7)28(35)19(4)26(34)18(3)13-23-27(16)38-30(8,9)37-23;1-14-8-9-21(15(2)10-19-13-36-18(5)28-19)35-23(31)12-22(30)27(6,7)26(34)17(4)24(32)16(3)11-20(29)25(14)33;1-5(2,3)4/h10,12,15,18-19,22-24,26-27,32,34H,11,13-14H2,1-9H3;8,10,13,16-17,20-22,24-25,29-30,32-33H,9,11-12H2,1-7H3;1-4H3/b16-10-,17-12+;14-8-,15-10+;/t18-,19+,22-,23?,24-,26-,27?;16-,17+,20?,21-,22-,24-,25?;/m00./s1. The fraction of sp³-hybridized carbons (Fsp3) is 0.710. The molecule has 6 N–H and O–H groups in total. The Morgan fingerprint density at radius 1 is 0.613 bits per heavy atom. The molecule has 3 aliphatic heterocycles. The number of hydrogen-bond acceptors (Lipinski definition) is 18. The van der Waals surface area contributed by atoms with E-state index in [-0.39, 0.29) is 49.6 Å². The maximum atomic E-state index is 13.4. The van der Waals surface area contributed by atoms with E-state index in [0.717, 1.165) is 38.1 Å². The number of aliphatic hydroxyl groups excluding tert-OH is 6. The molecule has 5 rings (SSSR count). The van der Waals surface area contributed by atoms with Gasteiger partial charge in [-0.05, 0) is 120 Å². The van der Waals surface area contributed by atoms with Gasteiger partial charge in [0.2, 0.25) is 0 Å². The highest BCUT2D eigenvalue weighted by Crippen LogP contribution is 2.39. The number of carbonyl (C=O) groups excluding carboxylic acids is 4. The van der Waals surface area contributed by atoms with Gasteiger partial charge in [0.25, 0.3) is 0 Å². The maximum Gasteiger partial charge on any atom is 0.309 e. The summed E-state index contributed by atoms with van der Waals surface area (Å²) >= 11 is 3.05. The zero-order valence-corrected chi connectivity index (χ0v) is 53.1. The number of aliphatic hydroxyl groups is 6. The summed E-state index contributed by atoms with van der Waals surface area (Å²) in [5.41, 5.74) is 2.43. The third-order valence-corrected chi connectivity index (χ3v) is 16.8. The average Bonchev–Trinajstić information content (AvgIpc) is 4.06. The smallest absolute Gasteiger partial charge is 0.309 e. The summed E-state index contributed by atoms with van der Waals surface area (Å²) in [7, 11) is 0. The van der Waals surface area contributed by atoms with Gasteiger partial charge in [0.1, 0.15) is 36.0 Å². The quantitative estimate of drug-likeness (QED) is 0.123. The van der Waals surface area contributed by atoms with Gasteiger partial charge < -0.3 is 49.6 Å². The summed E-state index contributed by atoms with van der Waals surface area (Å²) in [5.74, 6) is -5.16. The Bertz CT molecular complexity index is 2510. The molecule has 0 bridgehead atoms. The summed E-state index contributed by atoms with van der Waals surface area (Å²) in [5, 5.41) is 70.7. The highest BCUT2D eigenvalue weighted by molar-refractivity contribution is 7.09. The van der Waals surface area contributed by atoms with Crippen molar-refractivity contribution in [2.24, 2.45) is 39.9 Å². The zero-order chi connectivity index (χ0) is 61.2. The number of esters is 2. The molecule has 1 fully saturated rings. The number of nitrogens with zero attached hydrogens (tertiary/aromatic N) is 2. The van der Waals surface area contributed by atoms with Gasteiger partial charge in [-0.1, -0.05) is 95.2 Å². The van der Waals surface area contributed by atoms with E-state index in [4.69, 9.17) is 18.9 Å². The summed E-state index contributed by atoms with van der Waals surface area (Å²) in [6, 6.07) is 0. The number of Topliss-reactive ketones (excluding diaryl/α,β-unsaturated/α-hetero) is 2. The molecule has 0 saturated carbocycles. The molecule has 14 atom stereocenters. The molecule has 4 unspecified atom stereocenters. The molecule has 5 heterocycles. The lowest BCUT2D eigenvalue weighted by Crippen LogP contribution is -2.46. The van der Waals surface area contributed by atoms with Crippen molar-refractivity contribution < 1.29 is 68.8 Å². The molecule has 16 nitrogen and oxygen atoms in total. The Labute approximate surface area is 485 Å². The Kier molecular flexibility index (Phi) is 26.1. The number of cyclic esters (lactones) is 2. The molecule has 3 aliphatic rings. The fourth-order valence-electron chi connectivity index (χ4n) is 9.91. The van der Waals surface area contributed by atoms with E-state index in [1.54, 1.807) is 72.8 Å². The maximum absolute atomic E-state index is 13.4. The minimum atomic E-state index is -1.32. The van der Waals surface area contributed by atoms with Crippen molar-refractivity contribution in [3.05, 3.63) is 66.6 Å². The van der Waals surface area contributed by atoms with E-state index in [1.807, 2.05) is 84.4 Å². The van der Waals surface area contributed by atoms with Crippen molar-refractivity contribution >= 4 is 58.3 Å². The molecular formula is C62H98N2O14S2. The minimum Gasteiger partial charge on any atom is -0.457 e. The number of thiazole rings is 2. The lowest BCUT2D eigenvalue weighted by Gasteiger charge is -2.35. The molecule has 0 aromatic carbocycles. The van der Waals surface area contributed by atoms with Crippen LogP contribution in [0.3, 0.4) is 0 Å². The summed E-state index contributed by atoms with van der Waals surface area (Å²) in [6.45, 7) is 36.8. The predicted octanol–water partition coefficient (Wildman–Crippen LogP) is 10.3. The minimum absolute atomic E-state index is 0.0780. The Balaban J connectivity index is 0.000000388. The number of ketones is 2. The van der Waals surface area contributed by atoms with Crippen molar-refractivity contribution in [1.29, 1.82) is 0 Å². The lowest BCUT2D eigenvalue weighted by molar-refractivity contribution is -0.156. The first-order valence-corrected chi connectivity index (χ1v) is 29.9. The van der Waals surface area contributed by atoms with E-state index in [0.29, 0.717) is 23.8 Å². The van der Waals surface area contributed by atoms with Gasteiger partial charge in [0, 0.05) is 35.4 Å². The van der Waals surface area contributed by atoms with Crippen molar-refractivity contribution in [3.63, 3.8) is 0 Å². The molecular weight excluding hydrogens is 1060 g/mol. The second-order valence-corrected chi connectivity index (χ2v) is 28.0. The molecule has 18 heteroatoms. The Morgan fingerprint density at radius 2 is 0.988 bits per heavy atom. The van der Waals surface area contributed by atoms with Gasteiger partial charge in [-0.3, -0.25) is 19.2 Å². The van der Waals surface area contributed by atoms with Crippen LogP contribution in [0.25, 0.3) is 12.2 Å². The fourth-order valence-corrected chi connectivity index (χ4v) is 11.1. The van der Waals surface area contributed by atoms with E-state index >= 15 is 0 Å². The highest BCUT2D eigenvalue weighted by Gasteiger charge is 2.47. The van der Waals surface area contributed by atoms with Crippen LogP contribution in [0.2, 0.25) is 0 Å². The van der Waals surface area contributed by atoms with Crippen molar-refractivity contribution in [3.8, 4) is 0 Å². The van der Waals surface area contributed by atoms with Crippen molar-refractivity contribution in [2.75, 3.05) is 0 Å². The molecule has 1 saturated heterocycles. The van der Waals surface area contributed by atoms with Gasteiger partial charge in [-0.15, -0.1) is 22.7 Å². The lowest BCUT2D eigenvalue weighted by atomic mass is 9.72. The molecule has 452 valence electrons. The second kappa shape index (κ2) is 29.6. The number of aryl methyl sites for hydroxylation is 2. The number of rotatable bonds is 4. The van der Waals surface area contributed by atoms with Crippen LogP contribution in [-0.2, 0) is 38.1 Å². The van der Waals surface area contributed by atoms with E-state index in [1.165, 1.54) is 11.3 Å². The van der Waals surface area contributed by atoms with Crippen LogP contribution in [0.1, 0.15) is 185 Å². The van der Waals surface area contributed by atoms with Gasteiger partial charge in [-0.2, -0.15) is 0 Å². The molecule has 2 aromatic heterocycles. The topological polar surface area (TPSA) is 252 Å². The van der Waals surface area contributed by atoms with Crippen LogP contribution in [0.5, 0.6) is 0 Å². The zero-order valence-electron chi connectivity index (χ0n) is 51.4. The first kappa shape index (κ1) is 70.4. The highest BCUT2D eigenvalue weighted by atomic mass is 32.1. The molecule has 80 heavy (non-hydrogen) atoms. The van der Waals surface area contributed by atoms with Gasteiger partial charge in [0.15, 0.2) is 5.79 Å². The predicted molar refractivity (Wildman–Crippen MR) is 315 cm³/mol. The number of aromatic nitrogens is 2. The summed E-state index contributed by atoms with van der Waals surface area (Å²) in [6.07, 6.45) is -1.03. The van der Waals surface area contributed by atoms with Crippen molar-refractivity contribution in [1.82, 2.24) is 9.97 Å². The van der Waals surface area contributed by atoms with Crippen LogP contribution in [0.15, 0.2) is 45.2 Å². The molecule has 0 amide bonds. The Hall–Kier alpha value is -3.82. The van der Waals surface area contributed by atoms with Crippen LogP contribution < -0.4 is 0 Å². The third-order valence-electron chi connectivity index (χ3n) is 15.3. The molecule has 2 aromatic rings. The number of hydrogen-bond donors (Lipinski definition) is 6. The third kappa shape index (κ3) is 20.8. The molecule has 0 radical (unpaired) electrons. The van der Waals surface area contributed by atoms with E-state index in [2.05, 4.69) is 37.7 Å².